The molecule has 2 aliphatic rings. The fraction of sp³-hybridized carbons (Fsp3) is 0.529. The first kappa shape index (κ1) is 15.8. The van der Waals surface area contributed by atoms with Gasteiger partial charge in [-0.1, -0.05) is 30.3 Å². The highest BCUT2D eigenvalue weighted by atomic mass is 16.6. The Morgan fingerprint density at radius 3 is 2.57 bits per heavy atom. The van der Waals surface area contributed by atoms with Crippen LogP contribution in [0.2, 0.25) is 0 Å². The van der Waals surface area contributed by atoms with E-state index in [9.17, 15) is 9.59 Å². The summed E-state index contributed by atoms with van der Waals surface area (Å²) < 4.78 is 5.36. The minimum atomic E-state index is -0.352. The van der Waals surface area contributed by atoms with Crippen molar-refractivity contribution in [2.75, 3.05) is 32.7 Å². The summed E-state index contributed by atoms with van der Waals surface area (Å²) in [4.78, 5) is 28.2. The van der Waals surface area contributed by atoms with Crippen LogP contribution in [-0.2, 0) is 16.1 Å². The fourth-order valence-electron chi connectivity index (χ4n) is 3.05. The second kappa shape index (κ2) is 7.46. The summed E-state index contributed by atoms with van der Waals surface area (Å²) in [6.45, 7) is 3.48. The van der Waals surface area contributed by atoms with Crippen molar-refractivity contribution >= 4 is 12.0 Å². The first-order valence-corrected chi connectivity index (χ1v) is 8.22. The topological polar surface area (TPSA) is 61.9 Å². The number of nitrogens with one attached hydrogen (secondary N) is 1. The zero-order valence-corrected chi connectivity index (χ0v) is 13.2. The number of hydrogen-bond donors (Lipinski definition) is 1. The van der Waals surface area contributed by atoms with Gasteiger partial charge in [-0.2, -0.15) is 0 Å². The van der Waals surface area contributed by atoms with E-state index in [0.29, 0.717) is 19.6 Å². The van der Waals surface area contributed by atoms with E-state index >= 15 is 0 Å². The standard InChI is InChI=1S/C17H23N3O3/c21-16(19-9-4-5-10-19)15-12-20(11-8-18-15)17(22)23-13-14-6-2-1-3-7-14/h1-3,6-7,15,18H,4-5,8-13H2/t15-/m1/s1. The molecule has 1 N–H and O–H groups in total. The average Bonchev–Trinajstić information content (AvgIpc) is 3.14. The van der Waals surface area contributed by atoms with Gasteiger partial charge in [0.1, 0.15) is 12.6 Å². The predicted octanol–water partition coefficient (Wildman–Crippen LogP) is 1.22. The maximum absolute atomic E-state index is 12.4. The summed E-state index contributed by atoms with van der Waals surface area (Å²) in [5.41, 5.74) is 0.959. The molecule has 0 unspecified atom stereocenters. The van der Waals surface area contributed by atoms with Crippen LogP contribution in [0.15, 0.2) is 30.3 Å². The van der Waals surface area contributed by atoms with Gasteiger partial charge in [0.05, 0.1) is 0 Å². The maximum atomic E-state index is 12.4. The first-order valence-electron chi connectivity index (χ1n) is 8.22. The van der Waals surface area contributed by atoms with Gasteiger partial charge in [0, 0.05) is 32.7 Å². The quantitative estimate of drug-likeness (QED) is 0.910. The molecule has 23 heavy (non-hydrogen) atoms. The van der Waals surface area contributed by atoms with Crippen LogP contribution in [0.3, 0.4) is 0 Å². The Bertz CT molecular complexity index is 543. The molecule has 0 aromatic heterocycles. The number of carbonyl (C=O) groups excluding carboxylic acids is 2. The van der Waals surface area contributed by atoms with Gasteiger partial charge in [0.15, 0.2) is 0 Å². The van der Waals surface area contributed by atoms with E-state index in [2.05, 4.69) is 5.32 Å². The number of rotatable bonds is 3. The third-order valence-electron chi connectivity index (χ3n) is 4.35. The van der Waals surface area contributed by atoms with Crippen LogP contribution >= 0.6 is 0 Å². The molecule has 3 rings (SSSR count). The van der Waals surface area contributed by atoms with Crippen molar-refractivity contribution in [2.45, 2.75) is 25.5 Å². The number of likely N-dealkylation sites (tertiary alicyclic amines) is 1. The van der Waals surface area contributed by atoms with Gasteiger partial charge >= 0.3 is 6.09 Å². The molecule has 0 spiro atoms. The van der Waals surface area contributed by atoms with E-state index in [4.69, 9.17) is 4.74 Å². The van der Waals surface area contributed by atoms with Gasteiger partial charge in [0.25, 0.3) is 0 Å². The largest absolute Gasteiger partial charge is 0.445 e. The molecule has 2 fully saturated rings. The zero-order valence-electron chi connectivity index (χ0n) is 13.2. The van der Waals surface area contributed by atoms with Gasteiger partial charge in [-0.05, 0) is 18.4 Å². The molecule has 2 amide bonds. The SMILES string of the molecule is O=C(OCc1ccccc1)N1CCN[C@@H](C(=O)N2CCCC2)C1. The van der Waals surface area contributed by atoms with Crippen LogP contribution in [0.5, 0.6) is 0 Å². The molecule has 6 heteroatoms. The molecule has 0 aliphatic carbocycles. The van der Waals surface area contributed by atoms with E-state index in [1.165, 1.54) is 0 Å². The molecule has 0 saturated carbocycles. The van der Waals surface area contributed by atoms with Gasteiger partial charge in [-0.15, -0.1) is 0 Å². The Hall–Kier alpha value is -2.08. The summed E-state index contributed by atoms with van der Waals surface area (Å²) in [5, 5.41) is 3.21. The number of carbonyl (C=O) groups is 2. The molecule has 1 aromatic rings. The van der Waals surface area contributed by atoms with Crippen molar-refractivity contribution in [1.29, 1.82) is 0 Å². The molecular weight excluding hydrogens is 294 g/mol. The first-order chi connectivity index (χ1) is 11.2. The van der Waals surface area contributed by atoms with E-state index in [1.807, 2.05) is 35.2 Å². The normalized spacial score (nSPS) is 21.3. The molecule has 0 radical (unpaired) electrons. The molecule has 1 atom stereocenters. The Labute approximate surface area is 136 Å². The lowest BCUT2D eigenvalue weighted by Crippen LogP contribution is -2.58. The highest BCUT2D eigenvalue weighted by Gasteiger charge is 2.32. The van der Waals surface area contributed by atoms with Crippen LogP contribution in [0.4, 0.5) is 4.79 Å². The van der Waals surface area contributed by atoms with Gasteiger partial charge < -0.3 is 19.9 Å². The van der Waals surface area contributed by atoms with E-state index in [-0.39, 0.29) is 24.6 Å². The fourth-order valence-corrected chi connectivity index (χ4v) is 3.05. The van der Waals surface area contributed by atoms with E-state index in [1.54, 1.807) is 4.90 Å². The van der Waals surface area contributed by atoms with E-state index < -0.39 is 0 Å². The Kier molecular flexibility index (Phi) is 5.12. The lowest BCUT2D eigenvalue weighted by Gasteiger charge is -2.34. The van der Waals surface area contributed by atoms with Crippen LogP contribution in [-0.4, -0.2) is 60.6 Å². The van der Waals surface area contributed by atoms with Crippen molar-refractivity contribution in [1.82, 2.24) is 15.1 Å². The lowest BCUT2D eigenvalue weighted by molar-refractivity contribution is -0.133. The zero-order chi connectivity index (χ0) is 16.1. The van der Waals surface area contributed by atoms with E-state index in [0.717, 1.165) is 31.5 Å². The Morgan fingerprint density at radius 2 is 1.83 bits per heavy atom. The molecule has 6 nitrogen and oxygen atoms in total. The second-order valence-electron chi connectivity index (χ2n) is 6.03. The number of piperazine rings is 1. The Balaban J connectivity index is 1.51. The molecule has 124 valence electrons. The minimum Gasteiger partial charge on any atom is -0.445 e. The summed E-state index contributed by atoms with van der Waals surface area (Å²) >= 11 is 0. The van der Waals surface area contributed by atoms with Crippen LogP contribution in [0.25, 0.3) is 0 Å². The smallest absolute Gasteiger partial charge is 0.410 e. The number of nitrogens with zero attached hydrogens (tertiary/aromatic N) is 2. The second-order valence-corrected chi connectivity index (χ2v) is 6.03. The molecule has 1 aromatic carbocycles. The third-order valence-corrected chi connectivity index (χ3v) is 4.35. The minimum absolute atomic E-state index is 0.100. The van der Waals surface area contributed by atoms with Crippen LogP contribution < -0.4 is 5.32 Å². The maximum Gasteiger partial charge on any atom is 0.410 e. The highest BCUT2D eigenvalue weighted by Crippen LogP contribution is 2.12. The molecule has 2 aliphatic heterocycles. The van der Waals surface area contributed by atoms with Crippen LogP contribution in [0.1, 0.15) is 18.4 Å². The van der Waals surface area contributed by atoms with Crippen molar-refractivity contribution in [3.63, 3.8) is 0 Å². The lowest BCUT2D eigenvalue weighted by atomic mass is 10.2. The number of benzene rings is 1. The van der Waals surface area contributed by atoms with Crippen LogP contribution in [0, 0.1) is 0 Å². The molecule has 2 heterocycles. The van der Waals surface area contributed by atoms with Crippen molar-refractivity contribution in [2.24, 2.45) is 0 Å². The number of ether oxygens (including phenoxy) is 1. The molecule has 0 bridgehead atoms. The van der Waals surface area contributed by atoms with Crippen molar-refractivity contribution < 1.29 is 14.3 Å². The monoisotopic (exact) mass is 317 g/mol. The summed E-state index contributed by atoms with van der Waals surface area (Å²) in [6.07, 6.45) is 1.79. The third kappa shape index (κ3) is 4.01. The summed E-state index contributed by atoms with van der Waals surface area (Å²) in [7, 11) is 0. The van der Waals surface area contributed by atoms with Crippen molar-refractivity contribution in [3.8, 4) is 0 Å². The summed E-state index contributed by atoms with van der Waals surface area (Å²) in [5.74, 6) is 0.100. The van der Waals surface area contributed by atoms with Gasteiger partial charge in [-0.3, -0.25) is 4.79 Å². The highest BCUT2D eigenvalue weighted by molar-refractivity contribution is 5.83. The van der Waals surface area contributed by atoms with Gasteiger partial charge in [0.2, 0.25) is 5.91 Å². The number of hydrogen-bond acceptors (Lipinski definition) is 4. The van der Waals surface area contributed by atoms with Gasteiger partial charge in [-0.25, -0.2) is 4.79 Å². The average molecular weight is 317 g/mol. The number of amides is 2. The predicted molar refractivity (Wildman–Crippen MR) is 85.8 cm³/mol. The summed E-state index contributed by atoms with van der Waals surface area (Å²) in [6, 6.07) is 9.29. The molecular formula is C17H23N3O3. The molecule has 2 saturated heterocycles. The Morgan fingerprint density at radius 1 is 1.09 bits per heavy atom. The van der Waals surface area contributed by atoms with Crippen molar-refractivity contribution in [3.05, 3.63) is 35.9 Å².